The standard InChI is InChI=1S/C13H24N2OS/c1-17-15-9-7-13(11-16,8-10-15)14-12-5-3-2-4-6-12/h11-12,14H,2-10H2,1H3. The lowest BCUT2D eigenvalue weighted by atomic mass is 9.86. The van der Waals surface area contributed by atoms with E-state index in [1.165, 1.54) is 38.4 Å². The summed E-state index contributed by atoms with van der Waals surface area (Å²) in [6.07, 6.45) is 11.7. The van der Waals surface area contributed by atoms with Gasteiger partial charge in [-0.25, -0.2) is 0 Å². The Labute approximate surface area is 109 Å². The predicted molar refractivity (Wildman–Crippen MR) is 73.1 cm³/mol. The van der Waals surface area contributed by atoms with E-state index >= 15 is 0 Å². The van der Waals surface area contributed by atoms with Crippen LogP contribution in [0.3, 0.4) is 0 Å². The molecule has 0 radical (unpaired) electrons. The third kappa shape index (κ3) is 3.46. The highest BCUT2D eigenvalue weighted by molar-refractivity contribution is 7.96. The van der Waals surface area contributed by atoms with Gasteiger partial charge in [-0.3, -0.25) is 4.31 Å². The molecule has 0 amide bonds. The van der Waals surface area contributed by atoms with E-state index in [2.05, 4.69) is 15.9 Å². The second-order valence-electron chi connectivity index (χ2n) is 5.36. The van der Waals surface area contributed by atoms with E-state index in [0.717, 1.165) is 25.9 Å². The minimum atomic E-state index is -0.228. The van der Waals surface area contributed by atoms with Gasteiger partial charge < -0.3 is 10.1 Å². The van der Waals surface area contributed by atoms with Gasteiger partial charge in [0, 0.05) is 19.1 Å². The van der Waals surface area contributed by atoms with Crippen LogP contribution < -0.4 is 5.32 Å². The van der Waals surface area contributed by atoms with Gasteiger partial charge in [-0.2, -0.15) is 0 Å². The molecule has 1 N–H and O–H groups in total. The van der Waals surface area contributed by atoms with Crippen LogP contribution in [0.5, 0.6) is 0 Å². The van der Waals surface area contributed by atoms with Crippen molar-refractivity contribution >= 4 is 18.2 Å². The average Bonchev–Trinajstić information content (AvgIpc) is 2.41. The molecule has 2 rings (SSSR count). The summed E-state index contributed by atoms with van der Waals surface area (Å²) >= 11 is 1.79. The molecule has 1 aliphatic carbocycles. The maximum absolute atomic E-state index is 11.5. The van der Waals surface area contributed by atoms with Gasteiger partial charge in [-0.1, -0.05) is 31.2 Å². The first-order chi connectivity index (χ1) is 8.28. The van der Waals surface area contributed by atoms with Gasteiger partial charge in [0.1, 0.15) is 6.29 Å². The zero-order valence-corrected chi connectivity index (χ0v) is 11.6. The number of nitrogens with zero attached hydrogens (tertiary/aromatic N) is 1. The van der Waals surface area contributed by atoms with Crippen molar-refractivity contribution in [1.29, 1.82) is 0 Å². The molecule has 0 unspecified atom stereocenters. The lowest BCUT2D eigenvalue weighted by Crippen LogP contribution is -2.57. The smallest absolute Gasteiger partial charge is 0.140 e. The molecule has 1 heterocycles. The fourth-order valence-corrected chi connectivity index (χ4v) is 3.57. The molecule has 2 fully saturated rings. The number of piperidine rings is 1. The molecule has 0 spiro atoms. The minimum Gasteiger partial charge on any atom is -0.302 e. The van der Waals surface area contributed by atoms with Gasteiger partial charge in [0.15, 0.2) is 0 Å². The van der Waals surface area contributed by atoms with E-state index in [0.29, 0.717) is 6.04 Å². The molecule has 4 heteroatoms. The number of nitrogens with one attached hydrogen (secondary N) is 1. The maximum Gasteiger partial charge on any atom is 0.140 e. The molecule has 2 aliphatic rings. The Balaban J connectivity index is 1.88. The van der Waals surface area contributed by atoms with Crippen molar-refractivity contribution in [2.75, 3.05) is 19.3 Å². The van der Waals surface area contributed by atoms with Crippen LogP contribution in [0, 0.1) is 0 Å². The normalized spacial score (nSPS) is 26.9. The van der Waals surface area contributed by atoms with Gasteiger partial charge >= 0.3 is 0 Å². The van der Waals surface area contributed by atoms with Crippen LogP contribution in [-0.4, -0.2) is 41.5 Å². The highest BCUT2D eigenvalue weighted by Crippen LogP contribution is 2.27. The number of carbonyl (C=O) groups excluding carboxylic acids is 1. The third-order valence-electron chi connectivity index (χ3n) is 4.20. The molecule has 1 aliphatic heterocycles. The number of hydrogen-bond acceptors (Lipinski definition) is 4. The van der Waals surface area contributed by atoms with E-state index in [9.17, 15) is 4.79 Å². The fourth-order valence-electron chi connectivity index (χ4n) is 3.02. The summed E-state index contributed by atoms with van der Waals surface area (Å²) in [5.41, 5.74) is -0.228. The van der Waals surface area contributed by atoms with Crippen LogP contribution >= 0.6 is 11.9 Å². The van der Waals surface area contributed by atoms with E-state index in [-0.39, 0.29) is 5.54 Å². The van der Waals surface area contributed by atoms with Gasteiger partial charge in [0.05, 0.1) is 5.54 Å². The largest absolute Gasteiger partial charge is 0.302 e. The number of carbonyl (C=O) groups is 1. The molecular formula is C13H24N2OS. The summed E-state index contributed by atoms with van der Waals surface area (Å²) in [5, 5.41) is 3.66. The van der Waals surface area contributed by atoms with Crippen LogP contribution in [-0.2, 0) is 4.79 Å². The topological polar surface area (TPSA) is 32.3 Å². The molecule has 1 saturated carbocycles. The Bertz CT molecular complexity index is 246. The van der Waals surface area contributed by atoms with Gasteiger partial charge in [0.2, 0.25) is 0 Å². The Hall–Kier alpha value is -0.0600. The molecule has 0 atom stereocenters. The maximum atomic E-state index is 11.5. The molecule has 0 aromatic carbocycles. The Morgan fingerprint density at radius 3 is 2.41 bits per heavy atom. The van der Waals surface area contributed by atoms with Gasteiger partial charge in [-0.15, -0.1) is 0 Å². The quantitative estimate of drug-likeness (QED) is 0.617. The number of aldehydes is 1. The zero-order valence-electron chi connectivity index (χ0n) is 10.8. The first-order valence-corrected chi connectivity index (χ1v) is 7.99. The zero-order chi connectivity index (χ0) is 12.1. The van der Waals surface area contributed by atoms with Crippen molar-refractivity contribution in [3.63, 3.8) is 0 Å². The first kappa shape index (κ1) is 13.4. The molecular weight excluding hydrogens is 232 g/mol. The van der Waals surface area contributed by atoms with E-state index in [1.807, 2.05) is 0 Å². The van der Waals surface area contributed by atoms with E-state index in [1.54, 1.807) is 11.9 Å². The monoisotopic (exact) mass is 256 g/mol. The molecule has 1 saturated heterocycles. The number of rotatable bonds is 4. The summed E-state index contributed by atoms with van der Waals surface area (Å²) in [4.78, 5) is 11.5. The Morgan fingerprint density at radius 2 is 1.88 bits per heavy atom. The lowest BCUT2D eigenvalue weighted by Gasteiger charge is -2.41. The Kier molecular flexibility index (Phi) is 4.88. The highest BCUT2D eigenvalue weighted by atomic mass is 32.2. The average molecular weight is 256 g/mol. The minimum absolute atomic E-state index is 0.228. The summed E-state index contributed by atoms with van der Waals surface area (Å²) < 4.78 is 2.35. The summed E-state index contributed by atoms with van der Waals surface area (Å²) in [5.74, 6) is 0. The fraction of sp³-hybridized carbons (Fsp3) is 0.923. The van der Waals surface area contributed by atoms with Crippen molar-refractivity contribution in [3.05, 3.63) is 0 Å². The van der Waals surface area contributed by atoms with Crippen molar-refractivity contribution in [1.82, 2.24) is 9.62 Å². The lowest BCUT2D eigenvalue weighted by molar-refractivity contribution is -0.115. The second-order valence-corrected chi connectivity index (χ2v) is 6.25. The molecule has 0 aromatic rings. The van der Waals surface area contributed by atoms with Crippen molar-refractivity contribution in [2.45, 2.75) is 56.5 Å². The molecule has 3 nitrogen and oxygen atoms in total. The predicted octanol–water partition coefficient (Wildman–Crippen LogP) is 2.22. The summed E-state index contributed by atoms with van der Waals surface area (Å²) in [6, 6.07) is 0.578. The van der Waals surface area contributed by atoms with Crippen LogP contribution in [0.1, 0.15) is 44.9 Å². The van der Waals surface area contributed by atoms with Crippen LogP contribution in [0.15, 0.2) is 0 Å². The van der Waals surface area contributed by atoms with Crippen molar-refractivity contribution < 1.29 is 4.79 Å². The molecule has 0 bridgehead atoms. The first-order valence-electron chi connectivity index (χ1n) is 6.81. The Morgan fingerprint density at radius 1 is 1.24 bits per heavy atom. The van der Waals surface area contributed by atoms with Gasteiger partial charge in [-0.05, 0) is 31.9 Å². The second kappa shape index (κ2) is 6.21. The van der Waals surface area contributed by atoms with E-state index < -0.39 is 0 Å². The molecule has 0 aromatic heterocycles. The SMILES string of the molecule is CSN1CCC(C=O)(NC2CCCCC2)CC1. The summed E-state index contributed by atoms with van der Waals surface area (Å²) in [6.45, 7) is 2.05. The van der Waals surface area contributed by atoms with Crippen LogP contribution in [0.2, 0.25) is 0 Å². The van der Waals surface area contributed by atoms with Crippen molar-refractivity contribution in [3.8, 4) is 0 Å². The van der Waals surface area contributed by atoms with Crippen LogP contribution in [0.25, 0.3) is 0 Å². The third-order valence-corrected chi connectivity index (χ3v) is 5.08. The summed E-state index contributed by atoms with van der Waals surface area (Å²) in [7, 11) is 0. The number of hydrogen-bond donors (Lipinski definition) is 1. The molecule has 17 heavy (non-hydrogen) atoms. The van der Waals surface area contributed by atoms with Crippen LogP contribution in [0.4, 0.5) is 0 Å². The highest BCUT2D eigenvalue weighted by Gasteiger charge is 2.36. The van der Waals surface area contributed by atoms with E-state index in [4.69, 9.17) is 0 Å². The van der Waals surface area contributed by atoms with Gasteiger partial charge in [0.25, 0.3) is 0 Å². The molecule has 98 valence electrons. The van der Waals surface area contributed by atoms with Crippen molar-refractivity contribution in [2.24, 2.45) is 0 Å².